The van der Waals surface area contributed by atoms with Crippen molar-refractivity contribution in [3.63, 3.8) is 0 Å². The van der Waals surface area contributed by atoms with Crippen LogP contribution in [0.1, 0.15) is 24.0 Å². The average Bonchev–Trinajstić information content (AvgIpc) is 2.51. The van der Waals surface area contributed by atoms with E-state index in [-0.39, 0.29) is 11.8 Å². The van der Waals surface area contributed by atoms with Crippen molar-refractivity contribution in [1.29, 1.82) is 0 Å². The lowest BCUT2D eigenvalue weighted by atomic mass is 9.96. The maximum Gasteiger partial charge on any atom is 0.281 e. The maximum absolute atomic E-state index is 12.5. The minimum atomic E-state index is -3.39. The van der Waals surface area contributed by atoms with E-state index in [1.54, 1.807) is 0 Å². The number of nitrogens with one attached hydrogen (secondary N) is 1. The van der Waals surface area contributed by atoms with Gasteiger partial charge in [0.15, 0.2) is 0 Å². The van der Waals surface area contributed by atoms with Gasteiger partial charge >= 0.3 is 0 Å². The molecule has 1 aromatic carbocycles. The summed E-state index contributed by atoms with van der Waals surface area (Å²) in [5.41, 5.74) is 2.93. The van der Waals surface area contributed by atoms with Gasteiger partial charge < -0.3 is 5.32 Å². The Kier molecular flexibility index (Phi) is 5.44. The number of piperidine rings is 1. The Labute approximate surface area is 138 Å². The number of para-hydroxylation sites is 1. The molecule has 23 heavy (non-hydrogen) atoms. The van der Waals surface area contributed by atoms with E-state index in [1.165, 1.54) is 22.7 Å². The van der Waals surface area contributed by atoms with Crippen molar-refractivity contribution in [3.05, 3.63) is 29.3 Å². The van der Waals surface area contributed by atoms with Crippen LogP contribution in [0.3, 0.4) is 0 Å². The molecule has 2 rings (SSSR count). The highest BCUT2D eigenvalue weighted by molar-refractivity contribution is 7.86. The van der Waals surface area contributed by atoms with Gasteiger partial charge in [-0.2, -0.15) is 17.0 Å². The summed E-state index contributed by atoms with van der Waals surface area (Å²) in [4.78, 5) is 12.5. The zero-order valence-electron chi connectivity index (χ0n) is 14.2. The highest BCUT2D eigenvalue weighted by atomic mass is 32.2. The molecule has 1 N–H and O–H groups in total. The fraction of sp³-hybridized carbons (Fsp3) is 0.562. The molecule has 1 aliphatic heterocycles. The van der Waals surface area contributed by atoms with Gasteiger partial charge in [-0.25, -0.2) is 0 Å². The van der Waals surface area contributed by atoms with Gasteiger partial charge in [0, 0.05) is 38.8 Å². The minimum Gasteiger partial charge on any atom is -0.325 e. The van der Waals surface area contributed by atoms with E-state index < -0.39 is 10.2 Å². The van der Waals surface area contributed by atoms with Crippen molar-refractivity contribution >= 4 is 21.8 Å². The third-order valence-electron chi connectivity index (χ3n) is 4.34. The summed E-state index contributed by atoms with van der Waals surface area (Å²) in [6, 6.07) is 5.90. The second kappa shape index (κ2) is 6.98. The van der Waals surface area contributed by atoms with E-state index >= 15 is 0 Å². The highest BCUT2D eigenvalue weighted by Crippen LogP contribution is 2.24. The van der Waals surface area contributed by atoms with Gasteiger partial charge in [0.25, 0.3) is 10.2 Å². The third kappa shape index (κ3) is 3.91. The zero-order valence-corrected chi connectivity index (χ0v) is 15.0. The lowest BCUT2D eigenvalue weighted by Crippen LogP contribution is -2.46. The van der Waals surface area contributed by atoms with Gasteiger partial charge in [-0.05, 0) is 37.8 Å². The van der Waals surface area contributed by atoms with Crippen molar-refractivity contribution < 1.29 is 13.2 Å². The summed E-state index contributed by atoms with van der Waals surface area (Å²) in [5.74, 6) is -0.174. The van der Waals surface area contributed by atoms with Crippen molar-refractivity contribution in [2.24, 2.45) is 5.92 Å². The number of hydrogen-bond acceptors (Lipinski definition) is 3. The second-order valence-corrected chi connectivity index (χ2v) is 8.36. The van der Waals surface area contributed by atoms with Crippen LogP contribution in [-0.4, -0.2) is 50.1 Å². The number of benzene rings is 1. The zero-order chi connectivity index (χ0) is 17.2. The highest BCUT2D eigenvalue weighted by Gasteiger charge is 2.32. The molecule has 0 aliphatic carbocycles. The molecule has 7 heteroatoms. The molecule has 0 radical (unpaired) electrons. The first-order valence-corrected chi connectivity index (χ1v) is 9.18. The summed E-state index contributed by atoms with van der Waals surface area (Å²) in [5, 5.41) is 3.01. The van der Waals surface area contributed by atoms with Crippen LogP contribution in [0.2, 0.25) is 0 Å². The lowest BCUT2D eigenvalue weighted by Gasteiger charge is -2.32. The third-order valence-corrected chi connectivity index (χ3v) is 6.28. The van der Waals surface area contributed by atoms with Crippen molar-refractivity contribution in [2.45, 2.75) is 26.7 Å². The van der Waals surface area contributed by atoms with Gasteiger partial charge in [0.05, 0.1) is 0 Å². The van der Waals surface area contributed by atoms with Gasteiger partial charge in [0.2, 0.25) is 5.91 Å². The summed E-state index contributed by atoms with van der Waals surface area (Å²) in [6.07, 6.45) is 1.09. The average molecular weight is 339 g/mol. The predicted octanol–water partition coefficient (Wildman–Crippen LogP) is 1.76. The number of hydrogen-bond donors (Lipinski definition) is 1. The van der Waals surface area contributed by atoms with E-state index in [9.17, 15) is 13.2 Å². The van der Waals surface area contributed by atoms with E-state index in [1.807, 2.05) is 32.0 Å². The number of carbonyl (C=O) groups excluding carboxylic acids is 1. The molecule has 1 heterocycles. The van der Waals surface area contributed by atoms with Gasteiger partial charge in [-0.3, -0.25) is 4.79 Å². The number of carbonyl (C=O) groups is 1. The molecule has 1 amide bonds. The topological polar surface area (TPSA) is 69.7 Å². The standard InChI is InChI=1S/C16H25N3O3S/c1-12-6-5-7-13(2)15(12)17-16(20)14-8-10-19(11-9-14)23(21,22)18(3)4/h5-7,14H,8-11H2,1-4H3,(H,17,20). The van der Waals surface area contributed by atoms with Gasteiger partial charge in [0.1, 0.15) is 0 Å². The Morgan fingerprint density at radius 1 is 1.17 bits per heavy atom. The monoisotopic (exact) mass is 339 g/mol. The first-order chi connectivity index (χ1) is 10.7. The molecule has 6 nitrogen and oxygen atoms in total. The quantitative estimate of drug-likeness (QED) is 0.909. The summed E-state index contributed by atoms with van der Waals surface area (Å²) < 4.78 is 26.8. The normalized spacial score (nSPS) is 17.4. The van der Waals surface area contributed by atoms with Crippen LogP contribution < -0.4 is 5.32 Å². The van der Waals surface area contributed by atoms with Crippen LogP contribution in [0, 0.1) is 19.8 Å². The first-order valence-electron chi connectivity index (χ1n) is 7.78. The SMILES string of the molecule is Cc1cccc(C)c1NC(=O)C1CCN(S(=O)(=O)N(C)C)CC1. The largest absolute Gasteiger partial charge is 0.325 e. The molecule has 1 saturated heterocycles. The Bertz CT molecular complexity index is 658. The Hall–Kier alpha value is -1.44. The van der Waals surface area contributed by atoms with E-state index in [4.69, 9.17) is 0 Å². The van der Waals surface area contributed by atoms with E-state index in [0.717, 1.165) is 16.8 Å². The molecular formula is C16H25N3O3S. The van der Waals surface area contributed by atoms with Crippen LogP contribution in [0.25, 0.3) is 0 Å². The molecule has 0 bridgehead atoms. The van der Waals surface area contributed by atoms with Crippen molar-refractivity contribution in [2.75, 3.05) is 32.5 Å². The van der Waals surface area contributed by atoms with E-state index in [2.05, 4.69) is 5.32 Å². The molecule has 1 aromatic rings. The molecule has 0 saturated carbocycles. The van der Waals surface area contributed by atoms with Crippen LogP contribution >= 0.6 is 0 Å². The summed E-state index contributed by atoms with van der Waals surface area (Å²) >= 11 is 0. The van der Waals surface area contributed by atoms with Crippen molar-refractivity contribution in [3.8, 4) is 0 Å². The molecule has 0 atom stereocenters. The smallest absolute Gasteiger partial charge is 0.281 e. The minimum absolute atomic E-state index is 0.0238. The number of rotatable bonds is 4. The Morgan fingerprint density at radius 3 is 2.17 bits per heavy atom. The molecule has 0 unspecified atom stereocenters. The number of aryl methyl sites for hydroxylation is 2. The second-order valence-electron chi connectivity index (χ2n) is 6.22. The summed E-state index contributed by atoms with van der Waals surface area (Å²) in [6.45, 7) is 4.69. The van der Waals surface area contributed by atoms with Crippen molar-refractivity contribution in [1.82, 2.24) is 8.61 Å². The predicted molar refractivity (Wildman–Crippen MR) is 91.4 cm³/mol. The van der Waals surface area contributed by atoms with Gasteiger partial charge in [-0.1, -0.05) is 18.2 Å². The molecule has 0 spiro atoms. The van der Waals surface area contributed by atoms with Crippen LogP contribution in [-0.2, 0) is 15.0 Å². The Balaban J connectivity index is 1.99. The van der Waals surface area contributed by atoms with Crippen LogP contribution in [0.15, 0.2) is 18.2 Å². The summed E-state index contributed by atoms with van der Waals surface area (Å²) in [7, 11) is -0.341. The molecule has 1 fully saturated rings. The molecular weight excluding hydrogens is 314 g/mol. The lowest BCUT2D eigenvalue weighted by molar-refractivity contribution is -0.120. The van der Waals surface area contributed by atoms with Gasteiger partial charge in [-0.15, -0.1) is 0 Å². The fourth-order valence-electron chi connectivity index (χ4n) is 2.82. The number of nitrogens with zero attached hydrogens (tertiary/aromatic N) is 2. The number of anilines is 1. The molecule has 1 aliphatic rings. The Morgan fingerprint density at radius 2 is 1.70 bits per heavy atom. The fourth-order valence-corrected chi connectivity index (χ4v) is 3.95. The van der Waals surface area contributed by atoms with E-state index in [0.29, 0.717) is 25.9 Å². The maximum atomic E-state index is 12.5. The van der Waals surface area contributed by atoms with Crippen LogP contribution in [0.4, 0.5) is 5.69 Å². The van der Waals surface area contributed by atoms with Crippen LogP contribution in [0.5, 0.6) is 0 Å². The first kappa shape index (κ1) is 17.9. The molecule has 128 valence electrons. The number of amides is 1. The molecule has 0 aromatic heterocycles.